The van der Waals surface area contributed by atoms with Crippen molar-refractivity contribution in [3.05, 3.63) is 106 Å². The number of carbonyl (C=O) groups excluding carboxylic acids is 3. The van der Waals surface area contributed by atoms with Crippen LogP contribution in [-0.2, 0) is 22.6 Å². The Balaban J connectivity index is 1.69. The fraction of sp³-hybridized carbons (Fsp3) is 0.107. The highest BCUT2D eigenvalue weighted by Crippen LogP contribution is 2.35. The number of urea groups is 1. The predicted octanol–water partition coefficient (Wildman–Crippen LogP) is 5.57. The molecule has 4 amide bonds. The zero-order valence-corrected chi connectivity index (χ0v) is 21.4. The quantitative estimate of drug-likeness (QED) is 0.219. The van der Waals surface area contributed by atoms with Crippen LogP contribution in [-0.4, -0.2) is 25.0 Å². The number of hydrogen-bond donors (Lipinski definition) is 1. The number of ether oxygens (including phenoxy) is 2. The third-order valence-electron chi connectivity index (χ3n) is 5.51. The molecule has 3 aromatic rings. The summed E-state index contributed by atoms with van der Waals surface area (Å²) in [5, 5.41) is 2.21. The summed E-state index contributed by atoms with van der Waals surface area (Å²) in [7, 11) is 1.46. The maximum absolute atomic E-state index is 13.6. The first-order chi connectivity index (χ1) is 17.8. The van der Waals surface area contributed by atoms with Crippen molar-refractivity contribution in [3.8, 4) is 11.5 Å². The summed E-state index contributed by atoms with van der Waals surface area (Å²) >= 11 is 3.32. The Morgan fingerprint density at radius 2 is 1.84 bits per heavy atom. The molecule has 1 saturated heterocycles. The van der Waals surface area contributed by atoms with Gasteiger partial charge < -0.3 is 9.47 Å². The van der Waals surface area contributed by atoms with Crippen LogP contribution in [0.4, 0.5) is 14.9 Å². The summed E-state index contributed by atoms with van der Waals surface area (Å²) in [6.07, 6.45) is 3.46. The Labute approximate surface area is 221 Å². The van der Waals surface area contributed by atoms with E-state index < -0.39 is 17.8 Å². The molecule has 0 radical (unpaired) electrons. The normalized spacial score (nSPS) is 14.5. The Kier molecular flexibility index (Phi) is 7.83. The molecule has 3 aromatic carbocycles. The first-order valence-electron chi connectivity index (χ1n) is 11.2. The molecule has 7 nitrogen and oxygen atoms in total. The molecular weight excluding hydrogens is 543 g/mol. The second kappa shape index (κ2) is 11.2. The molecule has 0 aromatic heterocycles. The fourth-order valence-corrected chi connectivity index (χ4v) is 4.08. The van der Waals surface area contributed by atoms with E-state index in [4.69, 9.17) is 9.47 Å². The second-order valence-corrected chi connectivity index (χ2v) is 8.97. The molecule has 1 aliphatic rings. The Bertz CT molecular complexity index is 1420. The summed E-state index contributed by atoms with van der Waals surface area (Å²) in [5.41, 5.74) is 1.90. The van der Waals surface area contributed by atoms with E-state index in [1.165, 1.54) is 25.3 Å². The van der Waals surface area contributed by atoms with Crippen molar-refractivity contribution in [2.75, 3.05) is 12.0 Å². The predicted molar refractivity (Wildman–Crippen MR) is 141 cm³/mol. The molecule has 0 unspecified atom stereocenters. The minimum Gasteiger partial charge on any atom is -0.493 e. The number of hydrogen-bond acceptors (Lipinski definition) is 5. The molecule has 37 heavy (non-hydrogen) atoms. The maximum atomic E-state index is 13.6. The number of barbiturate groups is 1. The van der Waals surface area contributed by atoms with Gasteiger partial charge in [-0.2, -0.15) is 0 Å². The van der Waals surface area contributed by atoms with Crippen molar-refractivity contribution in [1.29, 1.82) is 0 Å². The number of anilines is 1. The lowest BCUT2D eigenvalue weighted by molar-refractivity contribution is -0.122. The van der Waals surface area contributed by atoms with E-state index in [1.807, 2.05) is 0 Å². The van der Waals surface area contributed by atoms with E-state index in [1.54, 1.807) is 54.6 Å². The number of halogens is 2. The van der Waals surface area contributed by atoms with Gasteiger partial charge >= 0.3 is 6.03 Å². The van der Waals surface area contributed by atoms with Crippen molar-refractivity contribution in [1.82, 2.24) is 5.32 Å². The highest BCUT2D eigenvalue weighted by Gasteiger charge is 2.36. The number of allylic oxidation sites excluding steroid dienone is 1. The van der Waals surface area contributed by atoms with Crippen molar-refractivity contribution in [2.45, 2.75) is 13.0 Å². The third kappa shape index (κ3) is 5.78. The lowest BCUT2D eigenvalue weighted by Crippen LogP contribution is -2.54. The summed E-state index contributed by atoms with van der Waals surface area (Å²) in [6.45, 7) is 3.88. The third-order valence-corrected chi connectivity index (χ3v) is 6.04. The molecule has 0 atom stereocenters. The molecule has 0 aliphatic carbocycles. The van der Waals surface area contributed by atoms with E-state index in [9.17, 15) is 18.8 Å². The van der Waals surface area contributed by atoms with Gasteiger partial charge in [0.15, 0.2) is 11.5 Å². The van der Waals surface area contributed by atoms with Crippen LogP contribution in [0.3, 0.4) is 0 Å². The molecule has 0 spiro atoms. The molecule has 188 valence electrons. The van der Waals surface area contributed by atoms with E-state index in [0.29, 0.717) is 40.3 Å². The Morgan fingerprint density at radius 3 is 2.51 bits per heavy atom. The van der Waals surface area contributed by atoms with Crippen LogP contribution in [0.2, 0.25) is 0 Å². The summed E-state index contributed by atoms with van der Waals surface area (Å²) in [4.78, 5) is 39.2. The largest absolute Gasteiger partial charge is 0.493 e. The van der Waals surface area contributed by atoms with Crippen LogP contribution in [0.1, 0.15) is 16.7 Å². The number of rotatable bonds is 8. The van der Waals surface area contributed by atoms with Gasteiger partial charge in [0.2, 0.25) is 0 Å². The van der Waals surface area contributed by atoms with Crippen molar-refractivity contribution in [3.63, 3.8) is 0 Å². The average Bonchev–Trinajstić information content (AvgIpc) is 2.87. The highest BCUT2D eigenvalue weighted by atomic mass is 79.9. The summed E-state index contributed by atoms with van der Waals surface area (Å²) in [6, 6.07) is 15.1. The molecule has 1 fully saturated rings. The van der Waals surface area contributed by atoms with Crippen LogP contribution in [0.15, 0.2) is 83.4 Å². The molecule has 9 heteroatoms. The SMILES string of the molecule is C=CCc1cc(/C=C2\C(=O)NC(=O)N(c3ccc(Br)cc3)C2=O)cc(OC)c1OCc1cccc(F)c1. The lowest BCUT2D eigenvalue weighted by atomic mass is 10.0. The van der Waals surface area contributed by atoms with Crippen molar-refractivity contribution in [2.24, 2.45) is 0 Å². The molecule has 0 saturated carbocycles. The van der Waals surface area contributed by atoms with Gasteiger partial charge in [0, 0.05) is 10.0 Å². The monoisotopic (exact) mass is 564 g/mol. The molecule has 1 N–H and O–H groups in total. The van der Waals surface area contributed by atoms with Gasteiger partial charge in [0.25, 0.3) is 11.8 Å². The summed E-state index contributed by atoms with van der Waals surface area (Å²) < 4.78 is 25.8. The van der Waals surface area contributed by atoms with Crippen LogP contribution >= 0.6 is 15.9 Å². The number of nitrogens with one attached hydrogen (secondary N) is 1. The standard InChI is InChI=1S/C28H22BrFN2O5/c1-3-5-19-12-18(15-24(36-2)25(19)37-16-17-6-4-7-21(30)13-17)14-23-26(33)31-28(35)32(27(23)34)22-10-8-20(29)9-11-22/h3-4,6-15H,1,5,16H2,2H3,(H,31,33,35)/b23-14+. The molecule has 0 bridgehead atoms. The maximum Gasteiger partial charge on any atom is 0.335 e. The molecule has 1 aliphatic heterocycles. The topological polar surface area (TPSA) is 84.9 Å². The minimum atomic E-state index is -0.833. The van der Waals surface area contributed by atoms with Crippen LogP contribution < -0.4 is 19.7 Å². The number of imide groups is 2. The molecule has 4 rings (SSSR count). The molecular formula is C28H22BrFN2O5. The first-order valence-corrected chi connectivity index (χ1v) is 12.0. The number of nitrogens with zero attached hydrogens (tertiary/aromatic N) is 1. The van der Waals surface area contributed by atoms with Gasteiger partial charge in [-0.15, -0.1) is 6.58 Å². The van der Waals surface area contributed by atoms with Gasteiger partial charge in [-0.3, -0.25) is 14.9 Å². The van der Waals surface area contributed by atoms with Crippen LogP contribution in [0.5, 0.6) is 11.5 Å². The van der Waals surface area contributed by atoms with Crippen LogP contribution in [0, 0.1) is 5.82 Å². The Morgan fingerprint density at radius 1 is 1.08 bits per heavy atom. The number of carbonyl (C=O) groups is 3. The number of methoxy groups -OCH3 is 1. The average molecular weight is 565 g/mol. The van der Waals surface area contributed by atoms with E-state index in [-0.39, 0.29) is 18.0 Å². The molecule has 1 heterocycles. The lowest BCUT2D eigenvalue weighted by Gasteiger charge is -2.26. The van der Waals surface area contributed by atoms with Crippen molar-refractivity contribution < 1.29 is 28.2 Å². The zero-order chi connectivity index (χ0) is 26.5. The summed E-state index contributed by atoms with van der Waals surface area (Å²) in [5.74, 6) is -1.15. The zero-order valence-electron chi connectivity index (χ0n) is 19.8. The first kappa shape index (κ1) is 25.8. The van der Waals surface area contributed by atoms with E-state index in [0.717, 1.165) is 9.37 Å². The van der Waals surface area contributed by atoms with Gasteiger partial charge in [-0.25, -0.2) is 14.1 Å². The second-order valence-electron chi connectivity index (χ2n) is 8.06. The van der Waals surface area contributed by atoms with Gasteiger partial charge in [0.1, 0.15) is 18.0 Å². The van der Waals surface area contributed by atoms with Gasteiger partial charge in [-0.1, -0.05) is 34.1 Å². The smallest absolute Gasteiger partial charge is 0.335 e. The van der Waals surface area contributed by atoms with Crippen LogP contribution in [0.25, 0.3) is 6.08 Å². The van der Waals surface area contributed by atoms with Gasteiger partial charge in [0.05, 0.1) is 12.8 Å². The minimum absolute atomic E-state index is 0.101. The number of amides is 4. The highest BCUT2D eigenvalue weighted by molar-refractivity contribution is 9.10. The van der Waals surface area contributed by atoms with Crippen molar-refractivity contribution >= 4 is 45.5 Å². The Hall–Kier alpha value is -4.24. The number of benzene rings is 3. The fourth-order valence-electron chi connectivity index (χ4n) is 3.82. The van der Waals surface area contributed by atoms with Gasteiger partial charge in [-0.05, 0) is 72.2 Å². The van der Waals surface area contributed by atoms with E-state index in [2.05, 4.69) is 27.8 Å². The van der Waals surface area contributed by atoms with E-state index >= 15 is 0 Å².